The number of amides is 3. The Bertz CT molecular complexity index is 607. The van der Waals surface area contributed by atoms with E-state index in [1.54, 1.807) is 0 Å². The van der Waals surface area contributed by atoms with E-state index in [0.29, 0.717) is 6.54 Å². The Hall–Kier alpha value is -2.52. The number of carbonyl (C=O) groups excluding carboxylic acids is 2. The van der Waals surface area contributed by atoms with Crippen molar-refractivity contribution in [3.63, 3.8) is 0 Å². The second-order valence-electron chi connectivity index (χ2n) is 4.85. The number of hydrogen-bond donors (Lipinski definition) is 3. The van der Waals surface area contributed by atoms with E-state index in [1.807, 2.05) is 0 Å². The molecule has 10 heteroatoms. The van der Waals surface area contributed by atoms with Gasteiger partial charge in [0.1, 0.15) is 0 Å². The molecule has 1 aromatic carbocycles. The second-order valence-corrected chi connectivity index (χ2v) is 4.85. The van der Waals surface area contributed by atoms with Crippen molar-refractivity contribution in [2.75, 3.05) is 18.5 Å². The zero-order chi connectivity index (χ0) is 17.0. The molecule has 0 saturated carbocycles. The molecule has 2 rings (SSSR count). The van der Waals surface area contributed by atoms with Gasteiger partial charge in [0, 0.05) is 24.7 Å². The van der Waals surface area contributed by atoms with Gasteiger partial charge in [-0.1, -0.05) is 0 Å². The number of rotatable bonds is 4. The van der Waals surface area contributed by atoms with Crippen LogP contribution in [-0.2, 0) is 4.79 Å². The summed E-state index contributed by atoms with van der Waals surface area (Å²) in [7, 11) is 0. The van der Waals surface area contributed by atoms with Gasteiger partial charge in [-0.15, -0.1) is 0 Å². The third-order valence-electron chi connectivity index (χ3n) is 2.89. The first kappa shape index (κ1) is 16.8. The van der Waals surface area contributed by atoms with Crippen LogP contribution in [0.1, 0.15) is 6.42 Å². The summed E-state index contributed by atoms with van der Waals surface area (Å²) in [5.74, 6) is -1.80. The molecule has 0 radical (unpaired) electrons. The fourth-order valence-corrected chi connectivity index (χ4v) is 1.92. The fourth-order valence-electron chi connectivity index (χ4n) is 1.92. The molecule has 1 aliphatic rings. The van der Waals surface area contributed by atoms with Crippen molar-refractivity contribution < 1.29 is 31.9 Å². The van der Waals surface area contributed by atoms with Crippen molar-refractivity contribution in [3.05, 3.63) is 24.0 Å². The normalized spacial score (nSPS) is 17.6. The molecule has 1 aliphatic heterocycles. The van der Waals surface area contributed by atoms with Crippen LogP contribution >= 0.6 is 0 Å². The molecule has 1 aromatic rings. The molecule has 0 unspecified atom stereocenters. The van der Waals surface area contributed by atoms with Crippen molar-refractivity contribution in [2.24, 2.45) is 0 Å². The highest BCUT2D eigenvalue weighted by molar-refractivity contribution is 5.90. The molecule has 0 aliphatic carbocycles. The summed E-state index contributed by atoms with van der Waals surface area (Å²) in [6.45, 7) is -1.31. The molecule has 0 aromatic heterocycles. The highest BCUT2D eigenvalue weighted by Crippen LogP contribution is 2.24. The van der Waals surface area contributed by atoms with E-state index in [4.69, 9.17) is 0 Å². The van der Waals surface area contributed by atoms with Gasteiger partial charge in [0.05, 0.1) is 6.04 Å². The first-order chi connectivity index (χ1) is 10.7. The fraction of sp³-hybridized carbons (Fsp3) is 0.385. The predicted octanol–water partition coefficient (Wildman–Crippen LogP) is 1.78. The number of carbonyl (C=O) groups is 2. The Morgan fingerprint density at radius 3 is 2.70 bits per heavy atom. The van der Waals surface area contributed by atoms with Crippen molar-refractivity contribution in [2.45, 2.75) is 18.6 Å². The zero-order valence-corrected chi connectivity index (χ0v) is 11.7. The van der Waals surface area contributed by atoms with Gasteiger partial charge in [-0.3, -0.25) is 4.79 Å². The maximum absolute atomic E-state index is 13.6. The number of halogens is 4. The minimum atomic E-state index is -4.57. The molecule has 1 atom stereocenters. The van der Waals surface area contributed by atoms with Crippen molar-refractivity contribution in [3.8, 4) is 5.75 Å². The zero-order valence-electron chi connectivity index (χ0n) is 11.7. The standard InChI is InChI=1S/C13H13F4N3O3/c14-9-3-7(1-2-10(9)23-6-13(15,16)17)19-12(22)20-8-4-11(21)18-5-8/h1-3,8H,4-6H2,(H,18,21)(H2,19,20,22)/t8-/m1/s1. The number of anilines is 1. The lowest BCUT2D eigenvalue weighted by atomic mass is 10.2. The van der Waals surface area contributed by atoms with E-state index < -0.39 is 30.4 Å². The Balaban J connectivity index is 1.89. The van der Waals surface area contributed by atoms with Crippen molar-refractivity contribution in [1.82, 2.24) is 10.6 Å². The van der Waals surface area contributed by atoms with Crippen LogP contribution in [0.3, 0.4) is 0 Å². The largest absolute Gasteiger partial charge is 0.481 e. The van der Waals surface area contributed by atoms with Crippen LogP contribution in [0, 0.1) is 5.82 Å². The lowest BCUT2D eigenvalue weighted by Gasteiger charge is -2.13. The molecular formula is C13H13F4N3O3. The monoisotopic (exact) mass is 335 g/mol. The number of benzene rings is 1. The molecule has 0 spiro atoms. The summed E-state index contributed by atoms with van der Waals surface area (Å²) in [6, 6.07) is 1.99. The summed E-state index contributed by atoms with van der Waals surface area (Å²) >= 11 is 0. The summed E-state index contributed by atoms with van der Waals surface area (Å²) in [5.41, 5.74) is 0.0386. The molecule has 1 fully saturated rings. The van der Waals surface area contributed by atoms with Crippen LogP contribution in [-0.4, -0.2) is 37.3 Å². The number of hydrogen-bond acceptors (Lipinski definition) is 3. The summed E-state index contributed by atoms with van der Waals surface area (Å²) in [4.78, 5) is 22.6. The highest BCUT2D eigenvalue weighted by Gasteiger charge is 2.29. The van der Waals surface area contributed by atoms with Crippen LogP contribution in [0.2, 0.25) is 0 Å². The third-order valence-corrected chi connectivity index (χ3v) is 2.89. The van der Waals surface area contributed by atoms with Crippen LogP contribution in [0.15, 0.2) is 18.2 Å². The van der Waals surface area contributed by atoms with Crippen LogP contribution in [0.25, 0.3) is 0 Å². The molecule has 23 heavy (non-hydrogen) atoms. The first-order valence-corrected chi connectivity index (χ1v) is 6.56. The summed E-state index contributed by atoms with van der Waals surface area (Å²) in [6.07, 6.45) is -4.43. The Labute approximate surface area is 128 Å². The third kappa shape index (κ3) is 5.31. The van der Waals surface area contributed by atoms with Gasteiger partial charge in [0.2, 0.25) is 5.91 Å². The van der Waals surface area contributed by atoms with E-state index in [2.05, 4.69) is 20.7 Å². The summed E-state index contributed by atoms with van der Waals surface area (Å²) < 4.78 is 53.9. The van der Waals surface area contributed by atoms with E-state index in [-0.39, 0.29) is 24.1 Å². The average molecular weight is 335 g/mol. The van der Waals surface area contributed by atoms with Crippen LogP contribution < -0.4 is 20.7 Å². The SMILES string of the molecule is O=C1C[C@@H](NC(=O)Nc2ccc(OCC(F)(F)F)c(F)c2)CN1. The molecule has 3 N–H and O–H groups in total. The maximum atomic E-state index is 13.6. The predicted molar refractivity (Wildman–Crippen MR) is 71.5 cm³/mol. The lowest BCUT2D eigenvalue weighted by molar-refractivity contribution is -0.153. The van der Waals surface area contributed by atoms with Gasteiger partial charge in [-0.25, -0.2) is 9.18 Å². The van der Waals surface area contributed by atoms with Gasteiger partial charge in [-0.05, 0) is 12.1 Å². The second kappa shape index (κ2) is 6.71. The number of alkyl halides is 3. The maximum Gasteiger partial charge on any atom is 0.422 e. The quantitative estimate of drug-likeness (QED) is 0.734. The van der Waals surface area contributed by atoms with Crippen molar-refractivity contribution >= 4 is 17.6 Å². The molecular weight excluding hydrogens is 322 g/mol. The summed E-state index contributed by atoms with van der Waals surface area (Å²) in [5, 5.41) is 7.35. The van der Waals surface area contributed by atoms with Gasteiger partial charge in [0.15, 0.2) is 18.2 Å². The molecule has 0 bridgehead atoms. The van der Waals surface area contributed by atoms with E-state index in [0.717, 1.165) is 12.1 Å². The van der Waals surface area contributed by atoms with Gasteiger partial charge in [-0.2, -0.15) is 13.2 Å². The molecule has 126 valence electrons. The topological polar surface area (TPSA) is 79.5 Å². The molecule has 1 heterocycles. The average Bonchev–Trinajstić information content (AvgIpc) is 2.82. The van der Waals surface area contributed by atoms with Gasteiger partial charge >= 0.3 is 12.2 Å². The number of nitrogens with one attached hydrogen (secondary N) is 3. The van der Waals surface area contributed by atoms with Crippen molar-refractivity contribution in [1.29, 1.82) is 0 Å². The van der Waals surface area contributed by atoms with E-state index in [9.17, 15) is 27.2 Å². The number of ether oxygens (including phenoxy) is 1. The Morgan fingerprint density at radius 1 is 1.39 bits per heavy atom. The number of urea groups is 1. The molecule has 3 amide bonds. The van der Waals surface area contributed by atoms with E-state index in [1.165, 1.54) is 6.07 Å². The molecule has 6 nitrogen and oxygen atoms in total. The van der Waals surface area contributed by atoms with Gasteiger partial charge < -0.3 is 20.7 Å². The Morgan fingerprint density at radius 2 is 2.13 bits per heavy atom. The smallest absolute Gasteiger partial charge is 0.422 e. The molecule has 1 saturated heterocycles. The van der Waals surface area contributed by atoms with Crippen LogP contribution in [0.5, 0.6) is 5.75 Å². The van der Waals surface area contributed by atoms with Crippen LogP contribution in [0.4, 0.5) is 28.0 Å². The minimum absolute atomic E-state index is 0.0386. The van der Waals surface area contributed by atoms with Gasteiger partial charge in [0.25, 0.3) is 0 Å². The Kier molecular flexibility index (Phi) is 4.92. The highest BCUT2D eigenvalue weighted by atomic mass is 19.4. The first-order valence-electron chi connectivity index (χ1n) is 6.56. The van der Waals surface area contributed by atoms with E-state index >= 15 is 0 Å². The minimum Gasteiger partial charge on any atom is -0.481 e. The lowest BCUT2D eigenvalue weighted by Crippen LogP contribution is -2.39.